The molecule has 152 valence electrons. The first-order chi connectivity index (χ1) is 14.6. The number of amides is 1. The monoisotopic (exact) mass is 441 g/mol. The van der Waals surface area contributed by atoms with E-state index in [2.05, 4.69) is 20.8 Å². The quantitative estimate of drug-likeness (QED) is 0.426. The van der Waals surface area contributed by atoms with Crippen molar-refractivity contribution in [2.75, 3.05) is 5.75 Å². The molecule has 0 saturated heterocycles. The molecular weight excluding hydrogens is 425 g/mol. The van der Waals surface area contributed by atoms with Crippen LogP contribution in [-0.2, 0) is 4.79 Å². The zero-order valence-electron chi connectivity index (χ0n) is 15.5. The molecule has 1 atom stereocenters. The Bertz CT molecular complexity index is 1120. The number of aromatic hydroxyl groups is 1. The van der Waals surface area contributed by atoms with E-state index < -0.39 is 0 Å². The average molecular weight is 442 g/mol. The Labute approximate surface area is 179 Å². The van der Waals surface area contributed by atoms with E-state index in [1.165, 1.54) is 52.0 Å². The third kappa shape index (κ3) is 4.66. The number of aromatic nitrogens is 4. The van der Waals surface area contributed by atoms with Crippen LogP contribution in [0.25, 0.3) is 5.69 Å². The normalized spacial score (nSPS) is 11.9. The molecule has 0 bridgehead atoms. The molecule has 0 spiro atoms. The number of nitrogens with one attached hydrogen (secondary N) is 1. The van der Waals surface area contributed by atoms with Crippen LogP contribution in [0.4, 0.5) is 4.39 Å². The zero-order valence-corrected chi connectivity index (χ0v) is 17.1. The maximum atomic E-state index is 13.3. The van der Waals surface area contributed by atoms with Crippen molar-refractivity contribution >= 4 is 29.0 Å². The highest BCUT2D eigenvalue weighted by Gasteiger charge is 2.19. The largest absolute Gasteiger partial charge is 0.508 e. The van der Waals surface area contributed by atoms with Gasteiger partial charge in [-0.1, -0.05) is 30.0 Å². The minimum Gasteiger partial charge on any atom is -0.508 e. The maximum absolute atomic E-state index is 13.3. The highest BCUT2D eigenvalue weighted by Crippen LogP contribution is 2.27. The number of rotatable bonds is 7. The van der Waals surface area contributed by atoms with Crippen LogP contribution in [0.3, 0.4) is 0 Å². The van der Waals surface area contributed by atoms with E-state index in [0.29, 0.717) is 10.8 Å². The summed E-state index contributed by atoms with van der Waals surface area (Å²) in [5.41, 5.74) is 1.47. The molecule has 2 aromatic heterocycles. The van der Waals surface area contributed by atoms with Crippen LogP contribution >= 0.6 is 23.1 Å². The van der Waals surface area contributed by atoms with E-state index in [9.17, 15) is 14.3 Å². The number of phenolic OH excluding ortho intramolecular Hbond substituents is 1. The van der Waals surface area contributed by atoms with Crippen LogP contribution in [-0.4, -0.2) is 37.0 Å². The molecule has 0 aliphatic carbocycles. The lowest BCUT2D eigenvalue weighted by molar-refractivity contribution is -0.119. The summed E-state index contributed by atoms with van der Waals surface area (Å²) >= 11 is 2.71. The molecule has 10 heteroatoms. The highest BCUT2D eigenvalue weighted by molar-refractivity contribution is 7.99. The lowest BCUT2D eigenvalue weighted by atomic mass is 10.1. The fourth-order valence-electron chi connectivity index (χ4n) is 2.79. The molecule has 0 aliphatic rings. The maximum Gasteiger partial charge on any atom is 0.231 e. The van der Waals surface area contributed by atoms with Crippen LogP contribution in [0.5, 0.6) is 5.75 Å². The van der Waals surface area contributed by atoms with Gasteiger partial charge in [0.1, 0.15) is 11.6 Å². The third-order valence-electron chi connectivity index (χ3n) is 4.20. The summed E-state index contributed by atoms with van der Waals surface area (Å²) in [4.78, 5) is 13.6. The summed E-state index contributed by atoms with van der Waals surface area (Å²) in [5.74, 6) is -0.294. The number of phenols is 1. The first kappa shape index (κ1) is 20.0. The van der Waals surface area contributed by atoms with Crippen molar-refractivity contribution in [2.45, 2.75) is 11.2 Å². The van der Waals surface area contributed by atoms with E-state index in [-0.39, 0.29) is 29.3 Å². The predicted molar refractivity (Wildman–Crippen MR) is 112 cm³/mol. The number of carbonyl (C=O) groups excluding carboxylic acids is 1. The summed E-state index contributed by atoms with van der Waals surface area (Å²) in [6.45, 7) is 0. The molecule has 2 aromatic carbocycles. The standard InChI is InChI=1S/C20H16FN5O2S2/c21-14-5-3-13(4-6-14)19(17-2-1-11-29-17)22-18(28)12-30-20-23-24-25-26(20)15-7-9-16(27)10-8-15/h1-11,19,27H,12H2,(H,22,28)/t19-/m0/s1. The van der Waals surface area contributed by atoms with Gasteiger partial charge < -0.3 is 10.4 Å². The lowest BCUT2D eigenvalue weighted by Gasteiger charge is -2.18. The first-order valence-corrected chi connectivity index (χ1v) is 10.8. The van der Waals surface area contributed by atoms with Crippen LogP contribution in [0.15, 0.2) is 71.2 Å². The Kier molecular flexibility index (Phi) is 6.05. The van der Waals surface area contributed by atoms with E-state index in [4.69, 9.17) is 0 Å². The van der Waals surface area contributed by atoms with E-state index in [0.717, 1.165) is 10.4 Å². The Morgan fingerprint density at radius 2 is 1.93 bits per heavy atom. The second kappa shape index (κ2) is 9.06. The van der Waals surface area contributed by atoms with E-state index >= 15 is 0 Å². The third-order valence-corrected chi connectivity index (χ3v) is 6.06. The fourth-order valence-corrected chi connectivity index (χ4v) is 4.29. The molecule has 4 aromatic rings. The predicted octanol–water partition coefficient (Wildman–Crippen LogP) is 3.57. The van der Waals surface area contributed by atoms with Crippen molar-refractivity contribution in [1.82, 2.24) is 25.5 Å². The molecule has 2 N–H and O–H groups in total. The Balaban J connectivity index is 1.46. The molecule has 4 rings (SSSR count). The Morgan fingerprint density at radius 1 is 1.17 bits per heavy atom. The van der Waals surface area contributed by atoms with Gasteiger partial charge in [-0.3, -0.25) is 4.79 Å². The summed E-state index contributed by atoms with van der Waals surface area (Å²) in [6, 6.07) is 16.0. The van der Waals surface area contributed by atoms with Crippen molar-refractivity contribution in [2.24, 2.45) is 0 Å². The Morgan fingerprint density at radius 3 is 2.63 bits per heavy atom. The number of nitrogens with zero attached hydrogens (tertiary/aromatic N) is 4. The number of carbonyl (C=O) groups is 1. The zero-order chi connectivity index (χ0) is 20.9. The summed E-state index contributed by atoms with van der Waals surface area (Å²) in [6.07, 6.45) is 0. The number of hydrogen-bond acceptors (Lipinski definition) is 7. The number of halogens is 1. The first-order valence-electron chi connectivity index (χ1n) is 8.89. The fraction of sp³-hybridized carbons (Fsp3) is 0.100. The molecule has 0 fully saturated rings. The molecule has 30 heavy (non-hydrogen) atoms. The van der Waals surface area contributed by atoms with Gasteiger partial charge in [-0.25, -0.2) is 4.39 Å². The number of hydrogen-bond donors (Lipinski definition) is 2. The SMILES string of the molecule is O=C(CSc1nnnn1-c1ccc(O)cc1)N[C@@H](c1ccc(F)cc1)c1cccs1. The van der Waals surface area contributed by atoms with Crippen molar-refractivity contribution in [3.05, 3.63) is 82.3 Å². The van der Waals surface area contributed by atoms with Crippen LogP contribution < -0.4 is 5.32 Å². The van der Waals surface area contributed by atoms with Gasteiger partial charge in [0.25, 0.3) is 0 Å². The molecule has 0 aliphatic heterocycles. The smallest absolute Gasteiger partial charge is 0.231 e. The highest BCUT2D eigenvalue weighted by atomic mass is 32.2. The molecule has 0 saturated carbocycles. The van der Waals surface area contributed by atoms with Crippen LogP contribution in [0, 0.1) is 5.82 Å². The van der Waals surface area contributed by atoms with Gasteiger partial charge in [0, 0.05) is 4.88 Å². The molecule has 0 unspecified atom stereocenters. The van der Waals surface area contributed by atoms with Gasteiger partial charge in [-0.05, 0) is 63.8 Å². The van der Waals surface area contributed by atoms with Crippen molar-refractivity contribution in [3.8, 4) is 11.4 Å². The average Bonchev–Trinajstić information content (AvgIpc) is 3.44. The molecule has 2 heterocycles. The van der Waals surface area contributed by atoms with E-state index in [1.54, 1.807) is 24.3 Å². The van der Waals surface area contributed by atoms with Crippen molar-refractivity contribution in [3.63, 3.8) is 0 Å². The van der Waals surface area contributed by atoms with Crippen LogP contribution in [0.1, 0.15) is 16.5 Å². The Hall–Kier alpha value is -3.24. The molecule has 0 radical (unpaired) electrons. The van der Waals surface area contributed by atoms with Gasteiger partial charge in [-0.15, -0.1) is 16.4 Å². The molecular formula is C20H16FN5O2S2. The number of thiophene rings is 1. The summed E-state index contributed by atoms with van der Waals surface area (Å²) in [5, 5.41) is 26.4. The summed E-state index contributed by atoms with van der Waals surface area (Å²) in [7, 11) is 0. The second-order valence-electron chi connectivity index (χ2n) is 6.25. The lowest BCUT2D eigenvalue weighted by Crippen LogP contribution is -2.30. The number of thioether (sulfide) groups is 1. The van der Waals surface area contributed by atoms with E-state index in [1.807, 2.05) is 17.5 Å². The minimum absolute atomic E-state index is 0.0987. The molecule has 7 nitrogen and oxygen atoms in total. The van der Waals surface area contributed by atoms with Gasteiger partial charge in [0.15, 0.2) is 0 Å². The number of tetrazole rings is 1. The van der Waals surface area contributed by atoms with Gasteiger partial charge in [-0.2, -0.15) is 4.68 Å². The second-order valence-corrected chi connectivity index (χ2v) is 8.17. The number of benzene rings is 2. The van der Waals surface area contributed by atoms with Gasteiger partial charge in [0.2, 0.25) is 11.1 Å². The van der Waals surface area contributed by atoms with Crippen LogP contribution in [0.2, 0.25) is 0 Å². The van der Waals surface area contributed by atoms with Crippen molar-refractivity contribution < 1.29 is 14.3 Å². The molecule has 1 amide bonds. The van der Waals surface area contributed by atoms with Gasteiger partial charge in [0.05, 0.1) is 17.5 Å². The van der Waals surface area contributed by atoms with Gasteiger partial charge >= 0.3 is 0 Å². The minimum atomic E-state index is -0.369. The topological polar surface area (TPSA) is 92.9 Å². The summed E-state index contributed by atoms with van der Waals surface area (Å²) < 4.78 is 14.8. The van der Waals surface area contributed by atoms with Crippen molar-refractivity contribution in [1.29, 1.82) is 0 Å².